The molecule has 14 heavy (non-hydrogen) atoms. The minimum absolute atomic E-state index is 0.329. The molecule has 0 saturated heterocycles. The number of aryl methyl sites for hydroxylation is 1. The van der Waals surface area contributed by atoms with E-state index in [2.05, 4.69) is 24.9 Å². The molecular formula is C12H16ClN. The summed E-state index contributed by atoms with van der Waals surface area (Å²) in [6, 6.07) is 6.46. The Morgan fingerprint density at radius 3 is 2.86 bits per heavy atom. The third kappa shape index (κ3) is 3.17. The number of hydrogen-bond acceptors (Lipinski definition) is 1. The summed E-state index contributed by atoms with van der Waals surface area (Å²) in [6.07, 6.45) is 1.88. The molecule has 0 aliphatic rings. The molecule has 1 aromatic carbocycles. The predicted molar refractivity (Wildman–Crippen MR) is 62.7 cm³/mol. The van der Waals surface area contributed by atoms with Gasteiger partial charge in [-0.2, -0.15) is 0 Å². The standard InChI is InChI=1S/C12H16ClN/c1-4-10(3)14-8-11-6-5-9(2)12(13)7-11/h4-7,10,14H,1,8H2,2-3H3. The summed E-state index contributed by atoms with van der Waals surface area (Å²) in [7, 11) is 0. The zero-order valence-electron chi connectivity index (χ0n) is 8.68. The van der Waals surface area contributed by atoms with Gasteiger partial charge >= 0.3 is 0 Å². The van der Waals surface area contributed by atoms with Crippen molar-refractivity contribution in [3.8, 4) is 0 Å². The molecule has 1 atom stereocenters. The lowest BCUT2D eigenvalue weighted by Crippen LogP contribution is -2.22. The van der Waals surface area contributed by atoms with Gasteiger partial charge in [-0.05, 0) is 31.0 Å². The van der Waals surface area contributed by atoms with E-state index in [1.807, 2.05) is 25.1 Å². The number of benzene rings is 1. The highest BCUT2D eigenvalue weighted by atomic mass is 35.5. The summed E-state index contributed by atoms with van der Waals surface area (Å²) in [5, 5.41) is 4.15. The predicted octanol–water partition coefficient (Wildman–Crippen LogP) is 3.31. The Hall–Kier alpha value is -0.790. The number of rotatable bonds is 4. The van der Waals surface area contributed by atoms with E-state index in [0.717, 1.165) is 17.1 Å². The Labute approximate surface area is 90.8 Å². The lowest BCUT2D eigenvalue weighted by Gasteiger charge is -2.09. The lowest BCUT2D eigenvalue weighted by atomic mass is 10.1. The molecule has 2 heteroatoms. The van der Waals surface area contributed by atoms with Crippen LogP contribution in [0.1, 0.15) is 18.1 Å². The van der Waals surface area contributed by atoms with Gasteiger partial charge in [0.1, 0.15) is 0 Å². The number of hydrogen-bond donors (Lipinski definition) is 1. The van der Waals surface area contributed by atoms with Crippen molar-refractivity contribution >= 4 is 11.6 Å². The summed E-state index contributed by atoms with van der Waals surface area (Å²) in [5.74, 6) is 0. The fourth-order valence-electron chi connectivity index (χ4n) is 1.11. The van der Waals surface area contributed by atoms with Crippen LogP contribution in [0.5, 0.6) is 0 Å². The Kier molecular flexibility index (Phi) is 4.18. The van der Waals surface area contributed by atoms with Gasteiger partial charge in [0.15, 0.2) is 0 Å². The van der Waals surface area contributed by atoms with Crippen molar-refractivity contribution in [2.24, 2.45) is 0 Å². The van der Waals surface area contributed by atoms with Crippen molar-refractivity contribution in [1.82, 2.24) is 5.32 Å². The van der Waals surface area contributed by atoms with Crippen molar-refractivity contribution in [2.75, 3.05) is 0 Å². The van der Waals surface area contributed by atoms with Crippen molar-refractivity contribution in [3.63, 3.8) is 0 Å². The van der Waals surface area contributed by atoms with Crippen molar-refractivity contribution in [1.29, 1.82) is 0 Å². The molecule has 0 amide bonds. The third-order valence-corrected chi connectivity index (χ3v) is 2.63. The molecule has 0 aromatic heterocycles. The first-order chi connectivity index (χ1) is 6.63. The molecule has 76 valence electrons. The average Bonchev–Trinajstić information content (AvgIpc) is 2.19. The van der Waals surface area contributed by atoms with Gasteiger partial charge in [0.2, 0.25) is 0 Å². The first-order valence-corrected chi connectivity index (χ1v) is 5.12. The van der Waals surface area contributed by atoms with E-state index < -0.39 is 0 Å². The molecule has 0 spiro atoms. The number of halogens is 1. The van der Waals surface area contributed by atoms with Crippen molar-refractivity contribution < 1.29 is 0 Å². The van der Waals surface area contributed by atoms with Crippen molar-refractivity contribution in [2.45, 2.75) is 26.4 Å². The average molecular weight is 210 g/mol. The molecule has 1 nitrogen and oxygen atoms in total. The summed E-state index contributed by atoms with van der Waals surface area (Å²) < 4.78 is 0. The highest BCUT2D eigenvalue weighted by Gasteiger charge is 1.99. The van der Waals surface area contributed by atoms with E-state index in [4.69, 9.17) is 11.6 Å². The molecule has 0 heterocycles. The van der Waals surface area contributed by atoms with Gasteiger partial charge in [0.05, 0.1) is 0 Å². The molecule has 1 N–H and O–H groups in total. The maximum atomic E-state index is 6.02. The van der Waals surface area contributed by atoms with Crippen LogP contribution in [-0.2, 0) is 6.54 Å². The van der Waals surface area contributed by atoms with E-state index in [-0.39, 0.29) is 0 Å². The van der Waals surface area contributed by atoms with E-state index in [1.165, 1.54) is 5.56 Å². The third-order valence-electron chi connectivity index (χ3n) is 2.22. The molecule has 0 aliphatic heterocycles. The molecule has 0 saturated carbocycles. The van der Waals surface area contributed by atoms with Gasteiger partial charge in [0, 0.05) is 17.6 Å². The largest absolute Gasteiger partial charge is 0.307 e. The van der Waals surface area contributed by atoms with Crippen LogP contribution in [0.25, 0.3) is 0 Å². The van der Waals surface area contributed by atoms with Crippen LogP contribution < -0.4 is 5.32 Å². The summed E-state index contributed by atoms with van der Waals surface area (Å²) >= 11 is 6.02. The van der Waals surface area contributed by atoms with E-state index >= 15 is 0 Å². The second kappa shape index (κ2) is 5.18. The fourth-order valence-corrected chi connectivity index (χ4v) is 1.31. The second-order valence-corrected chi connectivity index (χ2v) is 3.90. The highest BCUT2D eigenvalue weighted by Crippen LogP contribution is 2.16. The molecule has 1 rings (SSSR count). The molecule has 0 radical (unpaired) electrons. The zero-order valence-corrected chi connectivity index (χ0v) is 9.43. The molecule has 0 aliphatic carbocycles. The lowest BCUT2D eigenvalue weighted by molar-refractivity contribution is 0.634. The topological polar surface area (TPSA) is 12.0 Å². The minimum atomic E-state index is 0.329. The van der Waals surface area contributed by atoms with Gasteiger partial charge in [0.25, 0.3) is 0 Å². The van der Waals surface area contributed by atoms with E-state index in [9.17, 15) is 0 Å². The summed E-state index contributed by atoms with van der Waals surface area (Å²) in [4.78, 5) is 0. The van der Waals surface area contributed by atoms with Gasteiger partial charge < -0.3 is 5.32 Å². The van der Waals surface area contributed by atoms with Crippen LogP contribution in [0.4, 0.5) is 0 Å². The van der Waals surface area contributed by atoms with Crippen LogP contribution in [0, 0.1) is 6.92 Å². The maximum Gasteiger partial charge on any atom is 0.0438 e. The van der Waals surface area contributed by atoms with Crippen LogP contribution in [0.15, 0.2) is 30.9 Å². The monoisotopic (exact) mass is 209 g/mol. The van der Waals surface area contributed by atoms with Crippen LogP contribution in [0.3, 0.4) is 0 Å². The van der Waals surface area contributed by atoms with Crippen LogP contribution in [0.2, 0.25) is 5.02 Å². The quantitative estimate of drug-likeness (QED) is 0.751. The maximum absolute atomic E-state index is 6.02. The highest BCUT2D eigenvalue weighted by molar-refractivity contribution is 6.31. The van der Waals surface area contributed by atoms with Crippen LogP contribution in [-0.4, -0.2) is 6.04 Å². The molecule has 1 aromatic rings. The van der Waals surface area contributed by atoms with Gasteiger partial charge in [-0.25, -0.2) is 0 Å². The molecular weight excluding hydrogens is 194 g/mol. The number of nitrogens with one attached hydrogen (secondary N) is 1. The van der Waals surface area contributed by atoms with Gasteiger partial charge in [-0.3, -0.25) is 0 Å². The Morgan fingerprint density at radius 1 is 1.57 bits per heavy atom. The first-order valence-electron chi connectivity index (χ1n) is 4.74. The molecule has 0 fully saturated rings. The fraction of sp³-hybridized carbons (Fsp3) is 0.333. The summed E-state index contributed by atoms with van der Waals surface area (Å²) in [5.41, 5.74) is 2.32. The first kappa shape index (κ1) is 11.3. The summed E-state index contributed by atoms with van der Waals surface area (Å²) in [6.45, 7) is 8.62. The van der Waals surface area contributed by atoms with Gasteiger partial charge in [-0.15, -0.1) is 6.58 Å². The van der Waals surface area contributed by atoms with Crippen molar-refractivity contribution in [3.05, 3.63) is 47.0 Å². The van der Waals surface area contributed by atoms with Crippen LogP contribution >= 0.6 is 11.6 Å². The Morgan fingerprint density at radius 2 is 2.29 bits per heavy atom. The van der Waals surface area contributed by atoms with E-state index in [1.54, 1.807) is 0 Å². The molecule has 1 unspecified atom stereocenters. The smallest absolute Gasteiger partial charge is 0.0438 e. The minimum Gasteiger partial charge on any atom is -0.307 e. The second-order valence-electron chi connectivity index (χ2n) is 3.49. The normalized spacial score (nSPS) is 12.5. The Balaban J connectivity index is 2.59. The van der Waals surface area contributed by atoms with Gasteiger partial charge in [-0.1, -0.05) is 29.8 Å². The zero-order chi connectivity index (χ0) is 10.6. The molecule has 0 bridgehead atoms. The Bertz CT molecular complexity index is 320. The SMILES string of the molecule is C=CC(C)NCc1ccc(C)c(Cl)c1. The van der Waals surface area contributed by atoms with E-state index in [0.29, 0.717) is 6.04 Å².